The number of hydrogen-bond donors (Lipinski definition) is 2. The van der Waals surface area contributed by atoms with Crippen LogP contribution in [0.5, 0.6) is 0 Å². The maximum absolute atomic E-state index is 13.7. The van der Waals surface area contributed by atoms with E-state index in [-0.39, 0.29) is 18.1 Å². The summed E-state index contributed by atoms with van der Waals surface area (Å²) in [6, 6.07) is 4.69. The van der Waals surface area contributed by atoms with Gasteiger partial charge in [0.05, 0.1) is 12.3 Å². The highest BCUT2D eigenvalue weighted by Crippen LogP contribution is 2.44. The highest BCUT2D eigenvalue weighted by Gasteiger charge is 2.43. The number of sulfone groups is 1. The smallest absolute Gasteiger partial charge is 0.191 e. The summed E-state index contributed by atoms with van der Waals surface area (Å²) in [6.45, 7) is 3.00. The SMILES string of the molecule is CCNC(=NCc1cc(F)ccc1CS(C)(=O)=O)NC1CC1C1CCCCC1. The van der Waals surface area contributed by atoms with E-state index in [0.717, 1.165) is 24.3 Å². The molecule has 2 saturated carbocycles. The van der Waals surface area contributed by atoms with E-state index in [1.807, 2.05) is 6.92 Å². The third kappa shape index (κ3) is 6.19. The van der Waals surface area contributed by atoms with Crippen LogP contribution in [0.25, 0.3) is 0 Å². The van der Waals surface area contributed by atoms with Crippen molar-refractivity contribution >= 4 is 15.8 Å². The lowest BCUT2D eigenvalue weighted by Crippen LogP contribution is -2.39. The highest BCUT2D eigenvalue weighted by atomic mass is 32.2. The molecule has 7 heteroatoms. The second-order valence-corrected chi connectivity index (χ2v) is 10.4. The van der Waals surface area contributed by atoms with Gasteiger partial charge in [-0.25, -0.2) is 17.8 Å². The Bertz CT molecular complexity index is 804. The molecule has 2 aliphatic carbocycles. The van der Waals surface area contributed by atoms with Gasteiger partial charge in [0.1, 0.15) is 5.82 Å². The Morgan fingerprint density at radius 1 is 1.21 bits per heavy atom. The van der Waals surface area contributed by atoms with Gasteiger partial charge in [0.2, 0.25) is 0 Å². The summed E-state index contributed by atoms with van der Waals surface area (Å²) in [5.74, 6) is 1.81. The molecule has 156 valence electrons. The Morgan fingerprint density at radius 3 is 2.64 bits per heavy atom. The lowest BCUT2D eigenvalue weighted by Gasteiger charge is -2.22. The van der Waals surface area contributed by atoms with Gasteiger partial charge in [-0.3, -0.25) is 0 Å². The Morgan fingerprint density at radius 2 is 1.96 bits per heavy atom. The fourth-order valence-electron chi connectivity index (χ4n) is 4.29. The molecule has 0 amide bonds. The van der Waals surface area contributed by atoms with E-state index in [4.69, 9.17) is 0 Å². The van der Waals surface area contributed by atoms with Gasteiger partial charge >= 0.3 is 0 Å². The average molecular weight is 410 g/mol. The summed E-state index contributed by atoms with van der Waals surface area (Å²) < 4.78 is 37.0. The van der Waals surface area contributed by atoms with Gasteiger partial charge in [-0.1, -0.05) is 38.2 Å². The van der Waals surface area contributed by atoms with Crippen molar-refractivity contribution in [3.8, 4) is 0 Å². The van der Waals surface area contributed by atoms with Crippen molar-refractivity contribution in [1.29, 1.82) is 0 Å². The van der Waals surface area contributed by atoms with Gasteiger partial charge in [-0.05, 0) is 48.4 Å². The standard InChI is InChI=1S/C21H32FN3O2S/c1-3-23-21(25-20-12-19(20)15-7-5-4-6-8-15)24-13-17-11-18(22)10-9-16(17)14-28(2,26)27/h9-11,15,19-20H,3-8,12-14H2,1-2H3,(H2,23,24,25). The summed E-state index contributed by atoms with van der Waals surface area (Å²) in [5, 5.41) is 6.78. The van der Waals surface area contributed by atoms with Crippen LogP contribution < -0.4 is 10.6 Å². The monoisotopic (exact) mass is 409 g/mol. The first-order valence-electron chi connectivity index (χ1n) is 10.4. The van der Waals surface area contributed by atoms with Crippen molar-refractivity contribution in [2.75, 3.05) is 12.8 Å². The molecule has 0 aliphatic heterocycles. The Hall–Kier alpha value is -1.63. The van der Waals surface area contributed by atoms with Gasteiger partial charge < -0.3 is 10.6 Å². The second-order valence-electron chi connectivity index (χ2n) is 8.23. The fourth-order valence-corrected chi connectivity index (χ4v) is 5.14. The minimum atomic E-state index is -3.19. The van der Waals surface area contributed by atoms with E-state index in [1.165, 1.54) is 56.9 Å². The minimum Gasteiger partial charge on any atom is -0.357 e. The van der Waals surface area contributed by atoms with E-state index in [2.05, 4.69) is 15.6 Å². The lowest BCUT2D eigenvalue weighted by molar-refractivity contribution is 0.315. The predicted molar refractivity (Wildman–Crippen MR) is 111 cm³/mol. The number of guanidine groups is 1. The van der Waals surface area contributed by atoms with Crippen LogP contribution in [0, 0.1) is 17.7 Å². The molecule has 1 aromatic rings. The zero-order chi connectivity index (χ0) is 20.1. The number of hydrogen-bond acceptors (Lipinski definition) is 3. The van der Waals surface area contributed by atoms with Gasteiger partial charge in [-0.15, -0.1) is 0 Å². The Labute approximate surface area is 168 Å². The van der Waals surface area contributed by atoms with Crippen LogP contribution in [0.15, 0.2) is 23.2 Å². The van der Waals surface area contributed by atoms with Gasteiger partial charge in [-0.2, -0.15) is 0 Å². The molecular weight excluding hydrogens is 377 g/mol. The summed E-state index contributed by atoms with van der Waals surface area (Å²) in [6.07, 6.45) is 9.13. The van der Waals surface area contributed by atoms with Gasteiger partial charge in [0, 0.05) is 18.8 Å². The number of nitrogens with one attached hydrogen (secondary N) is 2. The van der Waals surface area contributed by atoms with Crippen LogP contribution in [0.1, 0.15) is 56.6 Å². The van der Waals surface area contributed by atoms with Gasteiger partial charge in [0.15, 0.2) is 15.8 Å². The topological polar surface area (TPSA) is 70.6 Å². The molecule has 0 saturated heterocycles. The molecule has 2 atom stereocenters. The molecule has 28 heavy (non-hydrogen) atoms. The minimum absolute atomic E-state index is 0.103. The van der Waals surface area contributed by atoms with Crippen LogP contribution in [0.2, 0.25) is 0 Å². The molecule has 3 rings (SSSR count). The van der Waals surface area contributed by atoms with Crippen LogP contribution >= 0.6 is 0 Å². The van der Waals surface area contributed by atoms with Gasteiger partial charge in [0.25, 0.3) is 0 Å². The lowest BCUT2D eigenvalue weighted by atomic mass is 9.85. The molecular formula is C21H32FN3O2S. The van der Waals surface area contributed by atoms with Crippen molar-refractivity contribution in [2.24, 2.45) is 16.8 Å². The highest BCUT2D eigenvalue weighted by molar-refractivity contribution is 7.89. The molecule has 0 spiro atoms. The normalized spacial score (nSPS) is 23.5. The summed E-state index contributed by atoms with van der Waals surface area (Å²) in [7, 11) is -3.19. The average Bonchev–Trinajstić information content (AvgIpc) is 3.41. The largest absolute Gasteiger partial charge is 0.357 e. The van der Waals surface area contributed by atoms with E-state index in [0.29, 0.717) is 17.2 Å². The molecule has 0 bridgehead atoms. The van der Waals surface area contributed by atoms with Crippen molar-refractivity contribution in [3.05, 3.63) is 35.1 Å². The van der Waals surface area contributed by atoms with Crippen LogP contribution in [0.4, 0.5) is 4.39 Å². The van der Waals surface area contributed by atoms with E-state index >= 15 is 0 Å². The molecule has 0 radical (unpaired) electrons. The number of halogens is 1. The van der Waals surface area contributed by atoms with E-state index < -0.39 is 9.84 Å². The molecule has 5 nitrogen and oxygen atoms in total. The summed E-state index contributed by atoms with van der Waals surface area (Å²) >= 11 is 0. The number of rotatable bonds is 7. The quantitative estimate of drug-likeness (QED) is 0.535. The Kier molecular flexibility index (Phi) is 6.96. The summed E-state index contributed by atoms with van der Waals surface area (Å²) in [5.41, 5.74) is 1.22. The molecule has 2 fully saturated rings. The first-order chi connectivity index (χ1) is 13.4. The maximum Gasteiger partial charge on any atom is 0.191 e. The fraction of sp³-hybridized carbons (Fsp3) is 0.667. The molecule has 0 heterocycles. The van der Waals surface area contributed by atoms with Crippen molar-refractivity contribution in [3.63, 3.8) is 0 Å². The van der Waals surface area contributed by atoms with Crippen molar-refractivity contribution in [1.82, 2.24) is 10.6 Å². The van der Waals surface area contributed by atoms with Crippen molar-refractivity contribution in [2.45, 2.75) is 63.8 Å². The molecule has 2 aliphatic rings. The van der Waals surface area contributed by atoms with Crippen molar-refractivity contribution < 1.29 is 12.8 Å². The summed E-state index contributed by atoms with van der Waals surface area (Å²) in [4.78, 5) is 4.61. The molecule has 1 aromatic carbocycles. The van der Waals surface area contributed by atoms with E-state index in [9.17, 15) is 12.8 Å². The zero-order valence-electron chi connectivity index (χ0n) is 16.9. The number of aliphatic imine (C=N–C) groups is 1. The van der Waals surface area contributed by atoms with Crippen LogP contribution in [-0.4, -0.2) is 33.2 Å². The molecule has 0 aromatic heterocycles. The Balaban J connectivity index is 1.65. The third-order valence-corrected chi connectivity index (χ3v) is 6.59. The number of benzene rings is 1. The van der Waals surface area contributed by atoms with Crippen LogP contribution in [-0.2, 0) is 22.1 Å². The maximum atomic E-state index is 13.7. The number of nitrogens with zero attached hydrogens (tertiary/aromatic N) is 1. The predicted octanol–water partition coefficient (Wildman–Crippen LogP) is 3.39. The molecule has 2 unspecified atom stereocenters. The second kappa shape index (κ2) is 9.25. The van der Waals surface area contributed by atoms with Crippen LogP contribution in [0.3, 0.4) is 0 Å². The third-order valence-electron chi connectivity index (χ3n) is 5.75. The zero-order valence-corrected chi connectivity index (χ0v) is 17.7. The first-order valence-corrected chi connectivity index (χ1v) is 12.4. The molecule has 2 N–H and O–H groups in total. The van der Waals surface area contributed by atoms with E-state index in [1.54, 1.807) is 6.07 Å². The first kappa shape index (κ1) is 21.1.